The molecule has 1 rings (SSSR count). The summed E-state index contributed by atoms with van der Waals surface area (Å²) in [6, 6.07) is 0. The number of nitrogens with zero attached hydrogens (tertiary/aromatic N) is 2. The average molecular weight is 290 g/mol. The van der Waals surface area contributed by atoms with E-state index in [2.05, 4.69) is 17.0 Å². The van der Waals surface area contributed by atoms with E-state index in [1.165, 1.54) is 10.9 Å². The minimum Gasteiger partial charge on any atom is -0.381 e. The SMILES string of the molecule is C=CCn1ncc(NCC(C)S(C)=O)c(Cl)c1=O. The summed E-state index contributed by atoms with van der Waals surface area (Å²) in [5.74, 6) is 0. The molecule has 0 bridgehead atoms. The summed E-state index contributed by atoms with van der Waals surface area (Å²) in [6.07, 6.45) is 4.69. The third kappa shape index (κ3) is 3.68. The number of aromatic nitrogens is 2. The average Bonchev–Trinajstić information content (AvgIpc) is 2.33. The zero-order valence-corrected chi connectivity index (χ0v) is 11.9. The monoisotopic (exact) mass is 289 g/mol. The van der Waals surface area contributed by atoms with Crippen LogP contribution < -0.4 is 10.9 Å². The highest BCUT2D eigenvalue weighted by molar-refractivity contribution is 7.84. The molecule has 1 aromatic heterocycles. The maximum absolute atomic E-state index is 11.8. The molecular weight excluding hydrogens is 274 g/mol. The van der Waals surface area contributed by atoms with Crippen LogP contribution in [0.4, 0.5) is 5.69 Å². The largest absolute Gasteiger partial charge is 0.381 e. The molecule has 5 nitrogen and oxygen atoms in total. The lowest BCUT2D eigenvalue weighted by Crippen LogP contribution is -2.26. The van der Waals surface area contributed by atoms with Crippen molar-refractivity contribution >= 4 is 28.1 Å². The second-order valence-corrected chi connectivity index (χ2v) is 6.02. The number of nitrogens with one attached hydrogen (secondary N) is 1. The Morgan fingerprint density at radius 2 is 2.39 bits per heavy atom. The second kappa shape index (κ2) is 6.70. The molecule has 100 valence electrons. The summed E-state index contributed by atoms with van der Waals surface area (Å²) in [5, 5.41) is 6.99. The Bertz CT molecular complexity index is 516. The number of allylic oxidation sites excluding steroid dienone is 1. The van der Waals surface area contributed by atoms with E-state index in [1.54, 1.807) is 12.3 Å². The molecule has 0 fully saturated rings. The van der Waals surface area contributed by atoms with Crippen LogP contribution in [0.15, 0.2) is 23.6 Å². The quantitative estimate of drug-likeness (QED) is 0.801. The number of hydrogen-bond donors (Lipinski definition) is 1. The van der Waals surface area contributed by atoms with Crippen molar-refractivity contribution in [2.75, 3.05) is 18.1 Å². The molecule has 1 heterocycles. The standard InChI is InChI=1S/C11H16ClN3O2S/c1-4-5-15-11(16)10(12)9(7-14-15)13-6-8(2)18(3)17/h4,7-8,13H,1,5-6H2,2-3H3. The van der Waals surface area contributed by atoms with E-state index in [1.807, 2.05) is 6.92 Å². The van der Waals surface area contributed by atoms with Crippen LogP contribution >= 0.6 is 11.6 Å². The first kappa shape index (κ1) is 14.9. The molecule has 0 aliphatic carbocycles. The van der Waals surface area contributed by atoms with Crippen LogP contribution in [-0.4, -0.2) is 32.0 Å². The zero-order valence-electron chi connectivity index (χ0n) is 10.4. The Kier molecular flexibility index (Phi) is 5.55. The Morgan fingerprint density at radius 3 is 2.94 bits per heavy atom. The molecule has 0 saturated heterocycles. The van der Waals surface area contributed by atoms with Crippen LogP contribution in [-0.2, 0) is 17.3 Å². The fourth-order valence-corrected chi connectivity index (χ4v) is 1.74. The van der Waals surface area contributed by atoms with Gasteiger partial charge in [-0.25, -0.2) is 4.68 Å². The van der Waals surface area contributed by atoms with Gasteiger partial charge >= 0.3 is 0 Å². The summed E-state index contributed by atoms with van der Waals surface area (Å²) >= 11 is 5.95. The fourth-order valence-electron chi connectivity index (χ4n) is 1.21. The summed E-state index contributed by atoms with van der Waals surface area (Å²) < 4.78 is 12.4. The van der Waals surface area contributed by atoms with Crippen LogP contribution in [0, 0.1) is 0 Å². The molecule has 0 spiro atoms. The van der Waals surface area contributed by atoms with E-state index < -0.39 is 10.8 Å². The van der Waals surface area contributed by atoms with Crippen LogP contribution in [0.2, 0.25) is 5.02 Å². The molecule has 18 heavy (non-hydrogen) atoms. The Hall–Kier alpha value is -1.14. The van der Waals surface area contributed by atoms with Gasteiger partial charge < -0.3 is 5.32 Å². The second-order valence-electron chi connectivity index (χ2n) is 3.84. The van der Waals surface area contributed by atoms with Crippen molar-refractivity contribution in [3.05, 3.63) is 34.2 Å². The van der Waals surface area contributed by atoms with Crippen molar-refractivity contribution in [1.82, 2.24) is 9.78 Å². The van der Waals surface area contributed by atoms with Crippen molar-refractivity contribution < 1.29 is 4.21 Å². The summed E-state index contributed by atoms with van der Waals surface area (Å²) in [4.78, 5) is 11.8. The molecule has 0 saturated carbocycles. The highest BCUT2D eigenvalue weighted by atomic mass is 35.5. The van der Waals surface area contributed by atoms with Gasteiger partial charge in [0.15, 0.2) is 0 Å². The zero-order chi connectivity index (χ0) is 13.7. The van der Waals surface area contributed by atoms with Crippen LogP contribution in [0.1, 0.15) is 6.92 Å². The number of halogens is 1. The lowest BCUT2D eigenvalue weighted by atomic mass is 10.4. The van der Waals surface area contributed by atoms with Gasteiger partial charge in [-0.15, -0.1) is 6.58 Å². The molecular formula is C11H16ClN3O2S. The smallest absolute Gasteiger partial charge is 0.287 e. The van der Waals surface area contributed by atoms with Crippen LogP contribution in [0.3, 0.4) is 0 Å². The number of rotatable bonds is 6. The molecule has 7 heteroatoms. The van der Waals surface area contributed by atoms with Crippen molar-refractivity contribution in [3.8, 4) is 0 Å². The summed E-state index contributed by atoms with van der Waals surface area (Å²) in [5.41, 5.74) is 0.0890. The minimum absolute atomic E-state index is 0.0309. The molecule has 2 atom stereocenters. The van der Waals surface area contributed by atoms with Crippen molar-refractivity contribution in [2.45, 2.75) is 18.7 Å². The van der Waals surface area contributed by atoms with E-state index in [4.69, 9.17) is 11.6 Å². The highest BCUT2D eigenvalue weighted by Gasteiger charge is 2.11. The molecule has 2 unspecified atom stereocenters. The maximum Gasteiger partial charge on any atom is 0.287 e. The van der Waals surface area contributed by atoms with Crippen molar-refractivity contribution in [1.29, 1.82) is 0 Å². The predicted molar refractivity (Wildman–Crippen MR) is 75.7 cm³/mol. The van der Waals surface area contributed by atoms with Crippen LogP contribution in [0.5, 0.6) is 0 Å². The van der Waals surface area contributed by atoms with Gasteiger partial charge in [-0.05, 0) is 6.92 Å². The fraction of sp³-hybridized carbons (Fsp3) is 0.455. The van der Waals surface area contributed by atoms with Gasteiger partial charge in [-0.2, -0.15) is 5.10 Å². The van der Waals surface area contributed by atoms with E-state index in [0.29, 0.717) is 18.8 Å². The first-order valence-corrected chi connectivity index (χ1v) is 7.40. The Morgan fingerprint density at radius 1 is 1.72 bits per heavy atom. The van der Waals surface area contributed by atoms with E-state index in [9.17, 15) is 9.00 Å². The lowest BCUT2D eigenvalue weighted by Gasteiger charge is -2.12. The lowest BCUT2D eigenvalue weighted by molar-refractivity contribution is 0.652. The van der Waals surface area contributed by atoms with E-state index in [-0.39, 0.29) is 15.8 Å². The third-order valence-electron chi connectivity index (χ3n) is 2.43. The number of anilines is 1. The normalized spacial score (nSPS) is 13.9. The predicted octanol–water partition coefficient (Wildman–Crippen LogP) is 1.26. The first-order valence-electron chi connectivity index (χ1n) is 5.40. The number of hydrogen-bond acceptors (Lipinski definition) is 4. The maximum atomic E-state index is 11.8. The highest BCUT2D eigenvalue weighted by Crippen LogP contribution is 2.15. The third-order valence-corrected chi connectivity index (χ3v) is 4.10. The summed E-state index contributed by atoms with van der Waals surface area (Å²) in [7, 11) is -0.926. The van der Waals surface area contributed by atoms with Gasteiger partial charge in [-0.1, -0.05) is 17.7 Å². The Balaban J connectivity index is 2.86. The Labute approximate surface area is 113 Å². The van der Waals surface area contributed by atoms with Gasteiger partial charge in [0.1, 0.15) is 5.02 Å². The molecule has 0 radical (unpaired) electrons. The minimum atomic E-state index is -0.926. The molecule has 0 aromatic carbocycles. The van der Waals surface area contributed by atoms with Gasteiger partial charge in [0.2, 0.25) is 0 Å². The summed E-state index contributed by atoms with van der Waals surface area (Å²) in [6.45, 7) is 6.17. The van der Waals surface area contributed by atoms with Gasteiger partial charge in [0.25, 0.3) is 5.56 Å². The molecule has 0 amide bonds. The van der Waals surface area contributed by atoms with E-state index >= 15 is 0 Å². The topological polar surface area (TPSA) is 64.0 Å². The van der Waals surface area contributed by atoms with Crippen LogP contribution in [0.25, 0.3) is 0 Å². The first-order chi connectivity index (χ1) is 8.47. The van der Waals surface area contributed by atoms with Gasteiger partial charge in [0.05, 0.1) is 18.4 Å². The van der Waals surface area contributed by atoms with Gasteiger partial charge in [-0.3, -0.25) is 9.00 Å². The van der Waals surface area contributed by atoms with Crippen molar-refractivity contribution in [2.24, 2.45) is 0 Å². The molecule has 1 aromatic rings. The molecule has 0 aliphatic rings. The van der Waals surface area contributed by atoms with Crippen molar-refractivity contribution in [3.63, 3.8) is 0 Å². The molecule has 1 N–H and O–H groups in total. The van der Waals surface area contributed by atoms with E-state index in [0.717, 1.165) is 0 Å². The molecule has 0 aliphatic heterocycles. The van der Waals surface area contributed by atoms with Gasteiger partial charge in [0, 0.05) is 28.9 Å².